The van der Waals surface area contributed by atoms with Gasteiger partial charge in [-0.3, -0.25) is 19.2 Å². The molecule has 1 aromatic carbocycles. The van der Waals surface area contributed by atoms with Crippen LogP contribution in [0.3, 0.4) is 0 Å². The number of hydrogen-bond acceptors (Lipinski definition) is 8. The Morgan fingerprint density at radius 2 is 1.95 bits per heavy atom. The van der Waals surface area contributed by atoms with Gasteiger partial charge in [0.05, 0.1) is 37.2 Å². The van der Waals surface area contributed by atoms with Gasteiger partial charge in [-0.1, -0.05) is 42.5 Å². The van der Waals surface area contributed by atoms with E-state index < -0.39 is 53.6 Å². The van der Waals surface area contributed by atoms with Crippen LogP contribution >= 0.6 is 0 Å². The summed E-state index contributed by atoms with van der Waals surface area (Å²) in [5.74, 6) is -3.52. The highest BCUT2D eigenvalue weighted by atomic mass is 16.6. The molecule has 3 aliphatic heterocycles. The Morgan fingerprint density at radius 1 is 1.23 bits per heavy atom. The molecule has 2 bridgehead atoms. The number of allylic oxidation sites excluding steroid dienone is 1. The van der Waals surface area contributed by atoms with Crippen molar-refractivity contribution >= 4 is 23.7 Å². The number of fused-ring (bicyclic) bond motifs is 1. The molecule has 0 aliphatic carbocycles. The molecule has 44 heavy (non-hydrogen) atoms. The van der Waals surface area contributed by atoms with Crippen LogP contribution in [0, 0.1) is 11.8 Å². The quantitative estimate of drug-likeness (QED) is 0.215. The zero-order valence-electron chi connectivity index (χ0n) is 25.9. The average Bonchev–Trinajstić information content (AvgIpc) is 3.65. The number of nitrogens with one attached hydrogen (secondary N) is 1. The van der Waals surface area contributed by atoms with E-state index in [1.54, 1.807) is 29.2 Å². The molecular weight excluding hydrogens is 566 g/mol. The van der Waals surface area contributed by atoms with Gasteiger partial charge in [0.2, 0.25) is 17.7 Å². The highest BCUT2D eigenvalue weighted by Crippen LogP contribution is 2.59. The van der Waals surface area contributed by atoms with E-state index in [1.807, 2.05) is 32.0 Å². The zero-order chi connectivity index (χ0) is 32.0. The molecule has 7 atom stereocenters. The van der Waals surface area contributed by atoms with Gasteiger partial charge in [0.1, 0.15) is 17.7 Å². The normalized spacial score (nSPS) is 26.7. The van der Waals surface area contributed by atoms with Crippen LogP contribution in [0.5, 0.6) is 0 Å². The summed E-state index contributed by atoms with van der Waals surface area (Å²) in [6.45, 7) is 11.1. The number of β-amino-alcohol motifs (C(OH)–C–C–N with tert-alkyl or cyclic N) is 1. The number of ether oxygens (including phenoxy) is 3. The Kier molecular flexibility index (Phi) is 11.0. The fraction of sp³-hybridized carbons (Fsp3) is 0.576. The fourth-order valence-corrected chi connectivity index (χ4v) is 7.03. The Labute approximate surface area is 259 Å². The number of benzene rings is 1. The van der Waals surface area contributed by atoms with Gasteiger partial charge in [0, 0.05) is 32.7 Å². The SMILES string of the molecule is C=CCCC(=O)N[C@@H](COC)[C@@H](OC(=O)[C@@H]1[C@H]2C(=O)N(CCO)[C@H](C(=O)N(CC=C)C(C)C)[C@]23CC[C@H]1O3)c1ccccc1. The molecule has 3 amide bonds. The van der Waals surface area contributed by atoms with E-state index in [1.165, 1.54) is 12.0 Å². The zero-order valence-corrected chi connectivity index (χ0v) is 25.9. The number of esters is 1. The molecule has 240 valence electrons. The number of aliphatic hydroxyl groups excluding tert-OH is 1. The van der Waals surface area contributed by atoms with Crippen molar-refractivity contribution in [2.75, 3.05) is 33.4 Å². The molecule has 4 rings (SSSR count). The van der Waals surface area contributed by atoms with Crippen molar-refractivity contribution in [1.29, 1.82) is 0 Å². The van der Waals surface area contributed by atoms with Crippen molar-refractivity contribution in [3.05, 3.63) is 61.2 Å². The number of methoxy groups -OCH3 is 1. The summed E-state index contributed by atoms with van der Waals surface area (Å²) in [5.41, 5.74) is -0.575. The molecule has 0 radical (unpaired) electrons. The van der Waals surface area contributed by atoms with Crippen molar-refractivity contribution in [1.82, 2.24) is 15.1 Å². The lowest BCUT2D eigenvalue weighted by atomic mass is 9.70. The number of carbonyl (C=O) groups is 4. The summed E-state index contributed by atoms with van der Waals surface area (Å²) in [5, 5.41) is 12.8. The summed E-state index contributed by atoms with van der Waals surface area (Å²) >= 11 is 0. The largest absolute Gasteiger partial charge is 0.455 e. The second-order valence-electron chi connectivity index (χ2n) is 11.9. The number of rotatable bonds is 16. The number of hydrogen-bond donors (Lipinski definition) is 2. The topological polar surface area (TPSA) is 135 Å². The van der Waals surface area contributed by atoms with Crippen molar-refractivity contribution in [2.24, 2.45) is 11.8 Å². The highest BCUT2D eigenvalue weighted by Gasteiger charge is 2.75. The lowest BCUT2D eigenvalue weighted by molar-refractivity contribution is -0.163. The predicted molar refractivity (Wildman–Crippen MR) is 162 cm³/mol. The molecule has 2 N–H and O–H groups in total. The van der Waals surface area contributed by atoms with Crippen LogP contribution in [0.25, 0.3) is 0 Å². The van der Waals surface area contributed by atoms with Gasteiger partial charge in [-0.15, -0.1) is 13.2 Å². The summed E-state index contributed by atoms with van der Waals surface area (Å²) in [7, 11) is 1.50. The van der Waals surface area contributed by atoms with Gasteiger partial charge in [0.15, 0.2) is 0 Å². The van der Waals surface area contributed by atoms with Crippen molar-refractivity contribution < 1.29 is 38.5 Å². The molecule has 11 nitrogen and oxygen atoms in total. The number of likely N-dealkylation sites (tertiary alicyclic amines) is 1. The maximum atomic E-state index is 14.2. The van der Waals surface area contributed by atoms with Crippen molar-refractivity contribution in [3.63, 3.8) is 0 Å². The van der Waals surface area contributed by atoms with Gasteiger partial charge < -0.3 is 34.4 Å². The number of aliphatic hydroxyl groups is 1. The molecule has 1 spiro atoms. The average molecular weight is 612 g/mol. The van der Waals surface area contributed by atoms with E-state index in [0.29, 0.717) is 24.8 Å². The van der Waals surface area contributed by atoms with Crippen molar-refractivity contribution in [3.8, 4) is 0 Å². The molecule has 3 heterocycles. The minimum atomic E-state index is -1.22. The molecule has 1 aromatic rings. The summed E-state index contributed by atoms with van der Waals surface area (Å²) in [6, 6.07) is 7.17. The monoisotopic (exact) mass is 611 g/mol. The molecule has 3 fully saturated rings. The third-order valence-corrected chi connectivity index (χ3v) is 8.88. The fourth-order valence-electron chi connectivity index (χ4n) is 7.03. The van der Waals surface area contributed by atoms with Gasteiger partial charge in [-0.25, -0.2) is 0 Å². The first-order valence-corrected chi connectivity index (χ1v) is 15.3. The maximum Gasteiger partial charge on any atom is 0.313 e. The van der Waals surface area contributed by atoms with E-state index in [-0.39, 0.29) is 50.6 Å². The summed E-state index contributed by atoms with van der Waals surface area (Å²) in [6.07, 6.45) is 3.34. The van der Waals surface area contributed by atoms with Crippen LogP contribution in [0.1, 0.15) is 51.2 Å². The second kappa shape index (κ2) is 14.5. The summed E-state index contributed by atoms with van der Waals surface area (Å²) in [4.78, 5) is 58.0. The first-order chi connectivity index (χ1) is 21.1. The predicted octanol–water partition coefficient (Wildman–Crippen LogP) is 2.16. The molecule has 0 aromatic heterocycles. The maximum absolute atomic E-state index is 14.2. The van der Waals surface area contributed by atoms with Gasteiger partial charge in [-0.2, -0.15) is 0 Å². The van der Waals surface area contributed by atoms with E-state index in [9.17, 15) is 24.3 Å². The van der Waals surface area contributed by atoms with Gasteiger partial charge >= 0.3 is 5.97 Å². The standard InChI is InChI=1S/C33H45N3O8/c1-6-8-14-25(38)34-23(20-42-5)28(22-12-10-9-11-13-22)43-32(41)26-24-15-16-33(44-24)27(26)30(39)36(18-19-37)29(33)31(40)35(17-7-2)21(3)4/h6-7,9-13,21,23-24,26-29,37H,1-2,8,14-20H2,3-5H3,(H,34,38)/t23-,24+,26-,27-,28-,29+,33-/m0/s1. The van der Waals surface area contributed by atoms with Crippen LogP contribution in [0.15, 0.2) is 55.6 Å². The Morgan fingerprint density at radius 3 is 2.57 bits per heavy atom. The Bertz CT molecular complexity index is 1220. The second-order valence-corrected chi connectivity index (χ2v) is 11.9. The molecule has 11 heteroatoms. The van der Waals surface area contributed by atoms with Crippen LogP contribution in [-0.4, -0.2) is 102 Å². The first-order valence-electron chi connectivity index (χ1n) is 15.3. The number of amides is 3. The molecule has 3 aliphatic rings. The lowest BCUT2D eigenvalue weighted by Gasteiger charge is -2.38. The van der Waals surface area contributed by atoms with Crippen molar-refractivity contribution in [2.45, 2.75) is 75.5 Å². The van der Waals surface area contributed by atoms with Gasteiger partial charge in [0.25, 0.3) is 0 Å². The third-order valence-electron chi connectivity index (χ3n) is 8.88. The highest BCUT2D eigenvalue weighted by molar-refractivity contribution is 5.98. The van der Waals surface area contributed by atoms with Crippen LogP contribution in [0.2, 0.25) is 0 Å². The van der Waals surface area contributed by atoms with Gasteiger partial charge in [-0.05, 0) is 38.7 Å². The van der Waals surface area contributed by atoms with E-state index in [2.05, 4.69) is 18.5 Å². The van der Waals surface area contributed by atoms with E-state index in [4.69, 9.17) is 14.2 Å². The first kappa shape index (κ1) is 33.4. The van der Waals surface area contributed by atoms with Crippen LogP contribution in [0.4, 0.5) is 0 Å². The number of carbonyl (C=O) groups excluding carboxylic acids is 4. The smallest absolute Gasteiger partial charge is 0.313 e. The Balaban J connectivity index is 1.67. The minimum Gasteiger partial charge on any atom is -0.455 e. The minimum absolute atomic E-state index is 0.0669. The third kappa shape index (κ3) is 6.31. The molecule has 3 saturated heterocycles. The molecule has 0 saturated carbocycles. The van der Waals surface area contributed by atoms with E-state index in [0.717, 1.165) is 0 Å². The van der Waals surface area contributed by atoms with Crippen LogP contribution in [-0.2, 0) is 33.4 Å². The number of nitrogens with zero attached hydrogens (tertiary/aromatic N) is 2. The van der Waals surface area contributed by atoms with Crippen LogP contribution < -0.4 is 5.32 Å². The van der Waals surface area contributed by atoms with E-state index >= 15 is 0 Å². The molecule has 0 unspecified atom stereocenters. The molecular formula is C33H45N3O8. The lowest BCUT2D eigenvalue weighted by Crippen LogP contribution is -2.57. The summed E-state index contributed by atoms with van der Waals surface area (Å²) < 4.78 is 18.1. The Hall–Kier alpha value is -3.54.